The average molecular weight is 305 g/mol. The lowest BCUT2D eigenvalue weighted by Gasteiger charge is -2.34. The summed E-state index contributed by atoms with van der Waals surface area (Å²) >= 11 is 0. The van der Waals surface area contributed by atoms with E-state index in [1.807, 2.05) is 6.92 Å². The fourth-order valence-electron chi connectivity index (χ4n) is 3.06. The van der Waals surface area contributed by atoms with Gasteiger partial charge in [0, 0.05) is 44.3 Å². The Morgan fingerprint density at radius 3 is 2.86 bits per heavy atom. The molecule has 0 unspecified atom stereocenters. The van der Waals surface area contributed by atoms with Gasteiger partial charge in [0.1, 0.15) is 5.82 Å². The Morgan fingerprint density at radius 1 is 1.36 bits per heavy atom. The zero-order valence-corrected chi connectivity index (χ0v) is 12.6. The van der Waals surface area contributed by atoms with Gasteiger partial charge in [-0.25, -0.2) is 4.39 Å². The Kier molecular flexibility index (Phi) is 4.11. The van der Waals surface area contributed by atoms with Crippen LogP contribution in [0, 0.1) is 5.82 Å². The zero-order chi connectivity index (χ0) is 15.7. The third-order valence-electron chi connectivity index (χ3n) is 4.33. The highest BCUT2D eigenvalue weighted by molar-refractivity contribution is 5.99. The van der Waals surface area contributed by atoms with Crippen molar-refractivity contribution in [2.45, 2.75) is 25.8 Å². The SMILES string of the molecule is C[C@@H]1CNCCN1C(=O)c1cc(N2CCCC2=O)ccc1F. The van der Waals surface area contributed by atoms with Crippen molar-refractivity contribution in [3.63, 3.8) is 0 Å². The Morgan fingerprint density at radius 2 is 2.18 bits per heavy atom. The van der Waals surface area contributed by atoms with E-state index in [4.69, 9.17) is 0 Å². The summed E-state index contributed by atoms with van der Waals surface area (Å²) in [4.78, 5) is 27.8. The molecular weight excluding hydrogens is 285 g/mol. The first-order valence-corrected chi connectivity index (χ1v) is 7.69. The summed E-state index contributed by atoms with van der Waals surface area (Å²) in [7, 11) is 0. The second-order valence-electron chi connectivity index (χ2n) is 5.86. The predicted molar refractivity (Wildman–Crippen MR) is 81.4 cm³/mol. The first-order chi connectivity index (χ1) is 10.6. The molecule has 0 bridgehead atoms. The van der Waals surface area contributed by atoms with Crippen LogP contribution in [0.3, 0.4) is 0 Å². The van der Waals surface area contributed by atoms with Gasteiger partial charge in [0.2, 0.25) is 5.91 Å². The smallest absolute Gasteiger partial charge is 0.257 e. The zero-order valence-electron chi connectivity index (χ0n) is 12.6. The summed E-state index contributed by atoms with van der Waals surface area (Å²) in [5, 5.41) is 3.21. The summed E-state index contributed by atoms with van der Waals surface area (Å²) in [6.07, 6.45) is 1.31. The highest BCUT2D eigenvalue weighted by Gasteiger charge is 2.28. The van der Waals surface area contributed by atoms with Crippen LogP contribution in [0.2, 0.25) is 0 Å². The van der Waals surface area contributed by atoms with E-state index in [1.165, 1.54) is 12.1 Å². The monoisotopic (exact) mass is 305 g/mol. The van der Waals surface area contributed by atoms with E-state index < -0.39 is 5.82 Å². The van der Waals surface area contributed by atoms with Crippen molar-refractivity contribution in [1.82, 2.24) is 10.2 Å². The summed E-state index contributed by atoms with van der Waals surface area (Å²) in [5.74, 6) is -0.813. The highest BCUT2D eigenvalue weighted by Crippen LogP contribution is 2.25. The first-order valence-electron chi connectivity index (χ1n) is 7.69. The molecule has 5 nitrogen and oxygen atoms in total. The average Bonchev–Trinajstić information content (AvgIpc) is 2.94. The molecule has 1 N–H and O–H groups in total. The Bertz CT molecular complexity index is 605. The van der Waals surface area contributed by atoms with Crippen molar-refractivity contribution >= 4 is 17.5 Å². The Labute approximate surface area is 129 Å². The van der Waals surface area contributed by atoms with Gasteiger partial charge in [0.25, 0.3) is 5.91 Å². The normalized spacial score (nSPS) is 22.3. The molecule has 0 aliphatic carbocycles. The van der Waals surface area contributed by atoms with E-state index >= 15 is 0 Å². The number of nitrogens with one attached hydrogen (secondary N) is 1. The van der Waals surface area contributed by atoms with E-state index in [9.17, 15) is 14.0 Å². The van der Waals surface area contributed by atoms with Crippen molar-refractivity contribution < 1.29 is 14.0 Å². The van der Waals surface area contributed by atoms with Crippen molar-refractivity contribution in [3.8, 4) is 0 Å². The summed E-state index contributed by atoms with van der Waals surface area (Å²) < 4.78 is 14.1. The van der Waals surface area contributed by atoms with Crippen LogP contribution in [0.4, 0.5) is 10.1 Å². The van der Waals surface area contributed by atoms with Crippen molar-refractivity contribution in [2.24, 2.45) is 0 Å². The quantitative estimate of drug-likeness (QED) is 0.898. The third kappa shape index (κ3) is 2.70. The van der Waals surface area contributed by atoms with E-state index in [1.54, 1.807) is 15.9 Å². The standard InChI is InChI=1S/C16H20FN3O2/c1-11-10-18-6-8-19(11)16(22)13-9-12(4-5-14(13)17)20-7-2-3-15(20)21/h4-5,9,11,18H,2-3,6-8,10H2,1H3/t11-/m1/s1. The van der Waals surface area contributed by atoms with Crippen LogP contribution in [0.25, 0.3) is 0 Å². The molecule has 1 aromatic carbocycles. The van der Waals surface area contributed by atoms with Gasteiger partial charge in [-0.1, -0.05) is 0 Å². The fourth-order valence-corrected chi connectivity index (χ4v) is 3.06. The molecule has 118 valence electrons. The molecule has 2 fully saturated rings. The van der Waals surface area contributed by atoms with Crippen molar-refractivity contribution in [2.75, 3.05) is 31.1 Å². The van der Waals surface area contributed by atoms with Crippen LogP contribution >= 0.6 is 0 Å². The molecule has 2 saturated heterocycles. The van der Waals surface area contributed by atoms with E-state index in [-0.39, 0.29) is 23.4 Å². The van der Waals surface area contributed by atoms with Gasteiger partial charge in [-0.05, 0) is 31.5 Å². The maximum absolute atomic E-state index is 14.1. The second kappa shape index (κ2) is 6.04. The lowest BCUT2D eigenvalue weighted by molar-refractivity contribution is -0.117. The van der Waals surface area contributed by atoms with Gasteiger partial charge in [0.05, 0.1) is 5.56 Å². The number of amides is 2. The predicted octanol–water partition coefficient (Wildman–Crippen LogP) is 1.39. The van der Waals surface area contributed by atoms with Crippen LogP contribution in [0.15, 0.2) is 18.2 Å². The van der Waals surface area contributed by atoms with Gasteiger partial charge in [0.15, 0.2) is 0 Å². The van der Waals surface area contributed by atoms with E-state index in [2.05, 4.69) is 5.32 Å². The number of hydrogen-bond acceptors (Lipinski definition) is 3. The molecule has 6 heteroatoms. The molecular formula is C16H20FN3O2. The largest absolute Gasteiger partial charge is 0.333 e. The minimum absolute atomic E-state index is 0.0257. The number of anilines is 1. The molecule has 22 heavy (non-hydrogen) atoms. The number of piperazine rings is 1. The number of halogens is 1. The number of carbonyl (C=O) groups is 2. The van der Waals surface area contributed by atoms with Crippen LogP contribution in [0.5, 0.6) is 0 Å². The van der Waals surface area contributed by atoms with Gasteiger partial charge in [-0.2, -0.15) is 0 Å². The molecule has 1 aromatic rings. The topological polar surface area (TPSA) is 52.7 Å². The summed E-state index contributed by atoms with van der Waals surface area (Å²) in [6.45, 7) is 4.55. The van der Waals surface area contributed by atoms with Crippen molar-refractivity contribution in [3.05, 3.63) is 29.6 Å². The minimum Gasteiger partial charge on any atom is -0.333 e. The number of nitrogens with zero attached hydrogens (tertiary/aromatic N) is 2. The number of benzene rings is 1. The van der Waals surface area contributed by atoms with Crippen LogP contribution in [0.1, 0.15) is 30.1 Å². The summed E-state index contributed by atoms with van der Waals surface area (Å²) in [6, 6.07) is 4.38. The number of carbonyl (C=O) groups excluding carboxylic acids is 2. The maximum Gasteiger partial charge on any atom is 0.257 e. The molecule has 2 heterocycles. The van der Waals surface area contributed by atoms with Crippen LogP contribution in [-0.2, 0) is 4.79 Å². The van der Waals surface area contributed by atoms with Gasteiger partial charge < -0.3 is 15.1 Å². The maximum atomic E-state index is 14.1. The van der Waals surface area contributed by atoms with Crippen LogP contribution < -0.4 is 10.2 Å². The number of rotatable bonds is 2. The molecule has 0 saturated carbocycles. The van der Waals surface area contributed by atoms with Gasteiger partial charge >= 0.3 is 0 Å². The molecule has 0 spiro atoms. The Balaban J connectivity index is 1.89. The molecule has 1 atom stereocenters. The Hall–Kier alpha value is -1.95. The first kappa shape index (κ1) is 15.0. The fraction of sp³-hybridized carbons (Fsp3) is 0.500. The van der Waals surface area contributed by atoms with Gasteiger partial charge in [-0.3, -0.25) is 9.59 Å². The van der Waals surface area contributed by atoms with Gasteiger partial charge in [-0.15, -0.1) is 0 Å². The van der Waals surface area contributed by atoms with Crippen LogP contribution in [-0.4, -0.2) is 48.9 Å². The lowest BCUT2D eigenvalue weighted by Crippen LogP contribution is -2.52. The molecule has 2 aliphatic rings. The third-order valence-corrected chi connectivity index (χ3v) is 4.33. The highest BCUT2D eigenvalue weighted by atomic mass is 19.1. The molecule has 0 aromatic heterocycles. The van der Waals surface area contributed by atoms with Crippen molar-refractivity contribution in [1.29, 1.82) is 0 Å². The number of hydrogen-bond donors (Lipinski definition) is 1. The second-order valence-corrected chi connectivity index (χ2v) is 5.86. The summed E-state index contributed by atoms with van der Waals surface area (Å²) in [5.41, 5.74) is 0.654. The molecule has 2 aliphatic heterocycles. The lowest BCUT2D eigenvalue weighted by atomic mass is 10.1. The molecule has 2 amide bonds. The van der Waals surface area contributed by atoms with E-state index in [0.29, 0.717) is 38.3 Å². The molecule has 0 radical (unpaired) electrons. The molecule has 3 rings (SSSR count). The van der Waals surface area contributed by atoms with E-state index in [0.717, 1.165) is 6.42 Å². The minimum atomic E-state index is -0.536.